The molecule has 0 amide bonds. The first kappa shape index (κ1) is 18.8. The van der Waals surface area contributed by atoms with Gasteiger partial charge in [-0.05, 0) is 39.7 Å². The summed E-state index contributed by atoms with van der Waals surface area (Å²) in [5.41, 5.74) is 1.73. The van der Waals surface area contributed by atoms with Crippen LogP contribution in [0.5, 0.6) is 0 Å². The van der Waals surface area contributed by atoms with E-state index in [4.69, 9.17) is 25.7 Å². The van der Waals surface area contributed by atoms with Crippen molar-refractivity contribution in [2.24, 2.45) is 0 Å². The fraction of sp³-hybridized carbons (Fsp3) is 0.632. The van der Waals surface area contributed by atoms with Gasteiger partial charge in [0.2, 0.25) is 11.8 Å². The van der Waals surface area contributed by atoms with Gasteiger partial charge in [0.1, 0.15) is 5.60 Å². The van der Waals surface area contributed by atoms with Crippen LogP contribution < -0.4 is 0 Å². The van der Waals surface area contributed by atoms with Crippen LogP contribution in [0.15, 0.2) is 10.5 Å². The minimum absolute atomic E-state index is 0.0617. The number of likely N-dealkylation sites (tertiary alicyclic amines) is 1. The molecule has 0 aliphatic carbocycles. The average molecular weight is 393 g/mol. The van der Waals surface area contributed by atoms with E-state index in [1.54, 1.807) is 6.92 Å². The van der Waals surface area contributed by atoms with Crippen LogP contribution >= 0.6 is 11.6 Å². The quantitative estimate of drug-likeness (QED) is 0.859. The molecule has 2 aliphatic rings. The zero-order chi connectivity index (χ0) is 19.4. The van der Waals surface area contributed by atoms with E-state index in [1.165, 1.54) is 0 Å². The third kappa shape index (κ3) is 2.97. The van der Waals surface area contributed by atoms with Crippen LogP contribution in [0.1, 0.15) is 61.5 Å². The van der Waals surface area contributed by atoms with Crippen molar-refractivity contribution < 1.29 is 14.3 Å². The molecule has 2 aliphatic heterocycles. The molecular weight excluding hydrogens is 368 g/mol. The molecule has 2 aromatic rings. The Hall–Kier alpha value is -1.54. The molecule has 2 aromatic heterocycles. The van der Waals surface area contributed by atoms with Crippen LogP contribution in [0.4, 0.5) is 0 Å². The predicted molar refractivity (Wildman–Crippen MR) is 99.4 cm³/mol. The molecule has 1 spiro atoms. The Kier molecular flexibility index (Phi) is 4.54. The first-order valence-corrected chi connectivity index (χ1v) is 9.64. The minimum Gasteiger partial charge on any atom is -0.425 e. The van der Waals surface area contributed by atoms with Crippen molar-refractivity contribution in [1.29, 1.82) is 0 Å². The molecule has 0 saturated carbocycles. The molecule has 4 rings (SSSR count). The maximum absolute atomic E-state index is 9.45. The first-order valence-electron chi connectivity index (χ1n) is 9.26. The summed E-state index contributed by atoms with van der Waals surface area (Å²) in [6.07, 6.45) is 1.24. The number of fused-ring (bicyclic) bond motifs is 2. The number of hydrogen-bond acceptors (Lipinski definition) is 7. The molecule has 1 fully saturated rings. The maximum Gasteiger partial charge on any atom is 0.225 e. The van der Waals surface area contributed by atoms with Crippen LogP contribution in [0.2, 0.25) is 5.02 Å². The molecule has 1 saturated heterocycles. The fourth-order valence-corrected chi connectivity index (χ4v) is 4.28. The second kappa shape index (κ2) is 6.51. The lowest BCUT2D eigenvalue weighted by Crippen LogP contribution is -2.44. The summed E-state index contributed by atoms with van der Waals surface area (Å²) >= 11 is 6.42. The summed E-state index contributed by atoms with van der Waals surface area (Å²) in [5.74, 6) is 1.07. The van der Waals surface area contributed by atoms with Gasteiger partial charge in [0, 0.05) is 25.6 Å². The van der Waals surface area contributed by atoms with Crippen molar-refractivity contribution in [1.82, 2.24) is 20.1 Å². The standard InChI is InChI=1S/C19H25ClN4O3/c1-11-14(20)9-13-15(21-11)19(5-7-24(10-25)8-6-19)27-16(13)18(3,4)17-23-22-12(2)26-17/h9,16,25H,5-8,10H2,1-4H3/t16-/m0/s1. The van der Waals surface area contributed by atoms with Crippen LogP contribution in [-0.2, 0) is 15.8 Å². The Balaban J connectivity index is 1.79. The predicted octanol–water partition coefficient (Wildman–Crippen LogP) is 3.02. The fourth-order valence-electron chi connectivity index (χ4n) is 4.12. The Labute approximate surface area is 163 Å². The number of aliphatic hydroxyl groups excluding tert-OH is 1. The van der Waals surface area contributed by atoms with Crippen LogP contribution in [0.3, 0.4) is 0 Å². The number of nitrogens with zero attached hydrogens (tertiary/aromatic N) is 4. The van der Waals surface area contributed by atoms with E-state index < -0.39 is 11.0 Å². The second-order valence-electron chi connectivity index (χ2n) is 8.09. The summed E-state index contributed by atoms with van der Waals surface area (Å²) in [6, 6.07) is 1.97. The Morgan fingerprint density at radius 3 is 2.59 bits per heavy atom. The Bertz CT molecular complexity index is 859. The van der Waals surface area contributed by atoms with Crippen LogP contribution in [0, 0.1) is 13.8 Å². The van der Waals surface area contributed by atoms with Gasteiger partial charge in [0.25, 0.3) is 0 Å². The van der Waals surface area contributed by atoms with E-state index in [-0.39, 0.29) is 12.8 Å². The summed E-state index contributed by atoms with van der Waals surface area (Å²) in [4.78, 5) is 6.85. The lowest BCUT2D eigenvalue weighted by atomic mass is 9.81. The van der Waals surface area contributed by atoms with Gasteiger partial charge in [-0.25, -0.2) is 0 Å². The summed E-state index contributed by atoms with van der Waals surface area (Å²) in [6.45, 7) is 9.36. The lowest BCUT2D eigenvalue weighted by Gasteiger charge is -2.39. The average Bonchev–Trinajstić information content (AvgIpc) is 3.20. The number of aromatic nitrogens is 3. The van der Waals surface area contributed by atoms with Gasteiger partial charge >= 0.3 is 0 Å². The van der Waals surface area contributed by atoms with E-state index in [2.05, 4.69) is 10.2 Å². The number of aliphatic hydroxyl groups is 1. The van der Waals surface area contributed by atoms with Gasteiger partial charge in [-0.3, -0.25) is 9.88 Å². The molecule has 1 atom stereocenters. The number of rotatable bonds is 3. The molecule has 7 nitrogen and oxygen atoms in total. The third-order valence-electron chi connectivity index (χ3n) is 5.83. The van der Waals surface area contributed by atoms with Crippen LogP contribution in [0.25, 0.3) is 0 Å². The van der Waals surface area contributed by atoms with Crippen molar-refractivity contribution in [3.05, 3.63) is 39.8 Å². The number of ether oxygens (including phenoxy) is 1. The largest absolute Gasteiger partial charge is 0.425 e. The van der Waals surface area contributed by atoms with Gasteiger partial charge < -0.3 is 14.3 Å². The number of hydrogen-bond donors (Lipinski definition) is 1. The summed E-state index contributed by atoms with van der Waals surface area (Å²) < 4.78 is 12.5. The van der Waals surface area contributed by atoms with Crippen molar-refractivity contribution in [3.8, 4) is 0 Å². The molecular formula is C19H25ClN4O3. The van der Waals surface area contributed by atoms with Gasteiger partial charge in [0.05, 0.1) is 34.7 Å². The molecule has 8 heteroatoms. The van der Waals surface area contributed by atoms with E-state index in [0.717, 1.165) is 42.9 Å². The van der Waals surface area contributed by atoms with E-state index >= 15 is 0 Å². The third-order valence-corrected chi connectivity index (χ3v) is 6.22. The lowest BCUT2D eigenvalue weighted by molar-refractivity contribution is -0.138. The highest BCUT2D eigenvalue weighted by atomic mass is 35.5. The van der Waals surface area contributed by atoms with Gasteiger partial charge in [-0.15, -0.1) is 10.2 Å². The van der Waals surface area contributed by atoms with Crippen molar-refractivity contribution in [3.63, 3.8) is 0 Å². The molecule has 0 unspecified atom stereocenters. The number of aryl methyl sites for hydroxylation is 2. The normalized spacial score (nSPS) is 22.4. The Morgan fingerprint density at radius 2 is 2.00 bits per heavy atom. The molecule has 27 heavy (non-hydrogen) atoms. The molecule has 1 N–H and O–H groups in total. The summed E-state index contributed by atoms with van der Waals surface area (Å²) in [5, 5.41) is 18.3. The molecule has 146 valence electrons. The van der Waals surface area contributed by atoms with E-state index in [9.17, 15) is 5.11 Å². The smallest absolute Gasteiger partial charge is 0.225 e. The zero-order valence-corrected chi connectivity index (χ0v) is 16.9. The van der Waals surface area contributed by atoms with Crippen molar-refractivity contribution in [2.75, 3.05) is 19.8 Å². The first-order chi connectivity index (χ1) is 12.8. The second-order valence-corrected chi connectivity index (χ2v) is 8.50. The maximum atomic E-state index is 9.45. The van der Waals surface area contributed by atoms with Crippen LogP contribution in [-0.4, -0.2) is 45.0 Å². The summed E-state index contributed by atoms with van der Waals surface area (Å²) in [7, 11) is 0. The topological polar surface area (TPSA) is 84.5 Å². The minimum atomic E-state index is -0.534. The number of halogens is 1. The molecule has 0 radical (unpaired) electrons. The molecule has 4 heterocycles. The highest BCUT2D eigenvalue weighted by Crippen LogP contribution is 2.55. The van der Waals surface area contributed by atoms with E-state index in [0.29, 0.717) is 16.8 Å². The van der Waals surface area contributed by atoms with Gasteiger partial charge in [-0.2, -0.15) is 0 Å². The number of piperidine rings is 1. The number of pyridine rings is 1. The highest BCUT2D eigenvalue weighted by Gasteiger charge is 2.54. The monoisotopic (exact) mass is 392 g/mol. The van der Waals surface area contributed by atoms with Crippen molar-refractivity contribution >= 4 is 11.6 Å². The highest BCUT2D eigenvalue weighted by molar-refractivity contribution is 6.31. The van der Waals surface area contributed by atoms with Gasteiger partial charge in [0.15, 0.2) is 0 Å². The SMILES string of the molecule is Cc1nnc(C(C)(C)[C@H]2OC3(CCN(CO)CC3)c3nc(C)c(Cl)cc32)o1. The Morgan fingerprint density at radius 1 is 1.30 bits per heavy atom. The zero-order valence-electron chi connectivity index (χ0n) is 16.1. The van der Waals surface area contributed by atoms with Gasteiger partial charge in [-0.1, -0.05) is 11.6 Å². The molecule has 0 bridgehead atoms. The molecule has 0 aromatic carbocycles. The van der Waals surface area contributed by atoms with Crippen molar-refractivity contribution in [2.45, 2.75) is 57.7 Å². The van der Waals surface area contributed by atoms with E-state index in [1.807, 2.05) is 31.7 Å².